The van der Waals surface area contributed by atoms with E-state index in [0.717, 1.165) is 44.1 Å². The maximum Gasteiger partial charge on any atom is 0.361 e. The third-order valence-corrected chi connectivity index (χ3v) is 7.93. The Balaban J connectivity index is 4.77. The van der Waals surface area contributed by atoms with Gasteiger partial charge in [-0.2, -0.15) is 0 Å². The Morgan fingerprint density at radius 2 is 1.19 bits per heavy atom. The average Bonchev–Trinajstić information content (AvgIpc) is 2.65. The summed E-state index contributed by atoms with van der Waals surface area (Å²) in [5, 5.41) is 0. The molecule has 0 radical (unpaired) electrons. The molecule has 0 aromatic carbocycles. The van der Waals surface area contributed by atoms with Crippen molar-refractivity contribution in [3.8, 4) is 0 Å². The van der Waals surface area contributed by atoms with E-state index in [-0.39, 0.29) is 0 Å². The van der Waals surface area contributed by atoms with Crippen molar-refractivity contribution in [3.05, 3.63) is 46.6 Å². The predicted octanol–water partition coefficient (Wildman–Crippen LogP) is 8.80. The van der Waals surface area contributed by atoms with Gasteiger partial charge >= 0.3 is 7.60 Å². The van der Waals surface area contributed by atoms with Crippen molar-refractivity contribution in [2.24, 2.45) is 0 Å². The Kier molecular flexibility index (Phi) is 14.8. The molecule has 31 heavy (non-hydrogen) atoms. The van der Waals surface area contributed by atoms with Crippen molar-refractivity contribution in [2.45, 2.75) is 98.6 Å². The van der Waals surface area contributed by atoms with Gasteiger partial charge in [0.15, 0.2) is 14.2 Å². The third kappa shape index (κ3) is 14.9. The highest BCUT2D eigenvalue weighted by atomic mass is 31.2. The summed E-state index contributed by atoms with van der Waals surface area (Å²) in [6, 6.07) is 0. The van der Waals surface area contributed by atoms with Crippen molar-refractivity contribution < 1.29 is 18.0 Å². The van der Waals surface area contributed by atoms with E-state index in [1.807, 2.05) is 6.08 Å². The molecule has 0 spiro atoms. The molecule has 0 rings (SSSR count). The van der Waals surface area contributed by atoms with Gasteiger partial charge in [0.2, 0.25) is 0 Å². The molecule has 0 heterocycles. The largest absolute Gasteiger partial charge is 0.401 e. The van der Waals surface area contributed by atoms with E-state index in [4.69, 9.17) is 13.5 Å². The molecule has 0 N–H and O–H groups in total. The summed E-state index contributed by atoms with van der Waals surface area (Å²) in [5.74, 6) is -0.654. The molecule has 0 bridgehead atoms. The van der Waals surface area contributed by atoms with E-state index in [0.29, 0.717) is 0 Å². The van der Waals surface area contributed by atoms with E-state index in [9.17, 15) is 4.57 Å². The fourth-order valence-corrected chi connectivity index (χ4v) is 6.31. The van der Waals surface area contributed by atoms with Crippen LogP contribution in [0.15, 0.2) is 46.6 Å². The first-order valence-corrected chi connectivity index (χ1v) is 16.4. The van der Waals surface area contributed by atoms with Crippen molar-refractivity contribution in [3.63, 3.8) is 0 Å². The maximum atomic E-state index is 12.9. The van der Waals surface area contributed by atoms with E-state index < -0.39 is 21.8 Å². The number of hydrogen-bond acceptors (Lipinski definition) is 4. The van der Waals surface area contributed by atoms with Gasteiger partial charge in [-0.15, -0.1) is 0 Å². The fourth-order valence-electron chi connectivity index (χ4n) is 3.05. The molecule has 0 fully saturated rings. The Morgan fingerprint density at radius 3 is 1.58 bits per heavy atom. The number of allylic oxidation sites excluding steroid dienone is 7. The Morgan fingerprint density at radius 1 is 0.774 bits per heavy atom. The van der Waals surface area contributed by atoms with Crippen LogP contribution in [0.1, 0.15) is 73.1 Å². The smallest absolute Gasteiger partial charge is 0.361 e. The van der Waals surface area contributed by atoms with Crippen LogP contribution in [0.2, 0.25) is 19.6 Å². The molecular weight excluding hydrogens is 423 g/mol. The van der Waals surface area contributed by atoms with Crippen LogP contribution in [0.3, 0.4) is 0 Å². The van der Waals surface area contributed by atoms with Crippen LogP contribution >= 0.6 is 7.60 Å². The molecule has 6 heteroatoms. The van der Waals surface area contributed by atoms with E-state index in [1.54, 1.807) is 0 Å². The van der Waals surface area contributed by atoms with Crippen LogP contribution in [0.5, 0.6) is 0 Å². The molecule has 1 atom stereocenters. The molecule has 0 saturated heterocycles. The molecule has 0 unspecified atom stereocenters. The molecule has 4 nitrogen and oxygen atoms in total. The zero-order valence-electron chi connectivity index (χ0n) is 21.7. The van der Waals surface area contributed by atoms with Crippen LogP contribution in [0, 0.1) is 0 Å². The summed E-state index contributed by atoms with van der Waals surface area (Å²) < 4.78 is 29.4. The lowest BCUT2D eigenvalue weighted by Gasteiger charge is -2.28. The van der Waals surface area contributed by atoms with Crippen molar-refractivity contribution in [1.29, 1.82) is 0 Å². The lowest BCUT2D eigenvalue weighted by molar-refractivity contribution is 0.209. The quantitative estimate of drug-likeness (QED) is 0.136. The van der Waals surface area contributed by atoms with E-state index in [1.165, 1.54) is 30.9 Å². The van der Waals surface area contributed by atoms with Gasteiger partial charge in [0, 0.05) is 14.2 Å². The van der Waals surface area contributed by atoms with Gasteiger partial charge in [-0.3, -0.25) is 4.57 Å². The van der Waals surface area contributed by atoms with Crippen LogP contribution < -0.4 is 0 Å². The van der Waals surface area contributed by atoms with Gasteiger partial charge < -0.3 is 13.5 Å². The first-order chi connectivity index (χ1) is 14.3. The zero-order valence-corrected chi connectivity index (χ0v) is 23.6. The van der Waals surface area contributed by atoms with Crippen LogP contribution in [-0.4, -0.2) is 28.4 Å². The average molecular weight is 471 g/mol. The Bertz CT molecular complexity index is 687. The first-order valence-electron chi connectivity index (χ1n) is 11.3. The predicted molar refractivity (Wildman–Crippen MR) is 138 cm³/mol. The molecule has 0 amide bonds. The van der Waals surface area contributed by atoms with Gasteiger partial charge in [-0.25, -0.2) is 0 Å². The minimum Gasteiger partial charge on any atom is -0.401 e. The van der Waals surface area contributed by atoms with Crippen LogP contribution in [0.25, 0.3) is 0 Å². The molecule has 0 aliphatic carbocycles. The lowest BCUT2D eigenvalue weighted by Crippen LogP contribution is -2.31. The summed E-state index contributed by atoms with van der Waals surface area (Å²) >= 11 is 0. The second-order valence-electron chi connectivity index (χ2n) is 9.54. The van der Waals surface area contributed by atoms with Gasteiger partial charge in [0.25, 0.3) is 0 Å². The van der Waals surface area contributed by atoms with Crippen molar-refractivity contribution in [2.75, 3.05) is 14.2 Å². The lowest BCUT2D eigenvalue weighted by atomic mass is 10.0. The first kappa shape index (κ1) is 30.3. The Labute approximate surface area is 193 Å². The fraction of sp³-hybridized carbons (Fsp3) is 0.680. The Hall–Kier alpha value is -0.713. The molecule has 0 aromatic heterocycles. The van der Waals surface area contributed by atoms with Gasteiger partial charge in [-0.1, -0.05) is 40.5 Å². The molecule has 0 aliphatic heterocycles. The summed E-state index contributed by atoms with van der Waals surface area (Å²) in [5.41, 5.74) is 5.41. The zero-order chi connectivity index (χ0) is 24.1. The standard InChI is InChI=1S/C25H47O4PSi/c1-21(2)14-11-15-22(3)16-12-17-23(4)18-13-19-24(5)20-25(29-31(8,9)10)30(26,27-6)28-7/h14,16,18,20,25H,11-13,15,17,19H2,1-10H3/t25-/m1/s1. The SMILES string of the molecule is COP(=O)(OC)[C@H](C=C(C)CCC=C(C)CCC=C(C)CCC=C(C)C)O[Si](C)(C)C. The highest BCUT2D eigenvalue weighted by Crippen LogP contribution is 2.53. The van der Waals surface area contributed by atoms with Gasteiger partial charge in [0.05, 0.1) is 0 Å². The minimum atomic E-state index is -3.32. The minimum absolute atomic E-state index is 0.654. The topological polar surface area (TPSA) is 44.8 Å². The monoisotopic (exact) mass is 470 g/mol. The molecule has 0 saturated carbocycles. The van der Waals surface area contributed by atoms with Crippen molar-refractivity contribution in [1.82, 2.24) is 0 Å². The molecule has 0 aromatic rings. The summed E-state index contributed by atoms with van der Waals surface area (Å²) in [6.45, 7) is 17.0. The molecular formula is C25H47O4PSi. The maximum absolute atomic E-state index is 12.9. The second kappa shape index (κ2) is 15.2. The van der Waals surface area contributed by atoms with Gasteiger partial charge in [-0.05, 0) is 98.9 Å². The van der Waals surface area contributed by atoms with E-state index in [2.05, 4.69) is 72.5 Å². The highest BCUT2D eigenvalue weighted by Gasteiger charge is 2.36. The van der Waals surface area contributed by atoms with E-state index >= 15 is 0 Å². The van der Waals surface area contributed by atoms with Crippen LogP contribution in [0.4, 0.5) is 0 Å². The molecule has 180 valence electrons. The van der Waals surface area contributed by atoms with Gasteiger partial charge in [0.1, 0.15) is 0 Å². The number of rotatable bonds is 15. The normalized spacial score (nSPS) is 15.2. The van der Waals surface area contributed by atoms with Crippen molar-refractivity contribution >= 4 is 15.9 Å². The summed E-state index contributed by atoms with van der Waals surface area (Å²) in [4.78, 5) is 0. The third-order valence-electron chi connectivity index (χ3n) is 4.88. The van der Waals surface area contributed by atoms with Crippen LogP contribution in [-0.2, 0) is 18.0 Å². The highest BCUT2D eigenvalue weighted by molar-refractivity contribution is 7.54. The number of hydrogen-bond donors (Lipinski definition) is 0. The summed E-state index contributed by atoms with van der Waals surface area (Å²) in [7, 11) is -2.41. The second-order valence-corrected chi connectivity index (χ2v) is 16.3. The molecule has 0 aliphatic rings. The summed E-state index contributed by atoms with van der Waals surface area (Å²) in [6.07, 6.45) is 15.2.